The van der Waals surface area contributed by atoms with Gasteiger partial charge in [-0.3, -0.25) is 14.8 Å². The van der Waals surface area contributed by atoms with E-state index >= 15 is 0 Å². The van der Waals surface area contributed by atoms with Crippen LogP contribution in [0.25, 0.3) is 11.4 Å². The van der Waals surface area contributed by atoms with Crippen LogP contribution < -0.4 is 0 Å². The lowest BCUT2D eigenvalue weighted by atomic mass is 10.3. The van der Waals surface area contributed by atoms with Gasteiger partial charge in [0.15, 0.2) is 5.82 Å². The van der Waals surface area contributed by atoms with Crippen molar-refractivity contribution in [1.82, 2.24) is 29.9 Å². The highest BCUT2D eigenvalue weighted by molar-refractivity contribution is 7.99. The zero-order valence-electron chi connectivity index (χ0n) is 10.1. The highest BCUT2D eigenvalue weighted by Gasteiger charge is 2.05. The van der Waals surface area contributed by atoms with Crippen molar-refractivity contribution in [3.63, 3.8) is 0 Å². The quantitative estimate of drug-likeness (QED) is 0.718. The molecule has 6 nitrogen and oxygen atoms in total. The van der Waals surface area contributed by atoms with Crippen LogP contribution in [0.1, 0.15) is 0 Å². The zero-order chi connectivity index (χ0) is 12.9. The van der Waals surface area contributed by atoms with Gasteiger partial charge in [0.05, 0.1) is 6.54 Å². The molecule has 3 rings (SSSR count). The Bertz CT molecular complexity index is 619. The maximum atomic E-state index is 4.43. The van der Waals surface area contributed by atoms with Gasteiger partial charge in [-0.05, 0) is 18.2 Å². The van der Waals surface area contributed by atoms with Crippen LogP contribution in [-0.4, -0.2) is 35.7 Å². The molecule has 0 saturated heterocycles. The summed E-state index contributed by atoms with van der Waals surface area (Å²) in [5.74, 6) is 1.63. The van der Waals surface area contributed by atoms with E-state index in [9.17, 15) is 0 Å². The van der Waals surface area contributed by atoms with E-state index in [1.807, 2.05) is 29.1 Å². The molecule has 96 valence electrons. The van der Waals surface area contributed by atoms with Crippen molar-refractivity contribution in [3.05, 3.63) is 43.0 Å². The monoisotopic (exact) mass is 272 g/mol. The fourth-order valence-electron chi connectivity index (χ4n) is 1.61. The lowest BCUT2D eigenvalue weighted by molar-refractivity contribution is 0.666. The number of thioether (sulfide) groups is 1. The van der Waals surface area contributed by atoms with Crippen LogP contribution in [0.3, 0.4) is 0 Å². The van der Waals surface area contributed by atoms with Crippen molar-refractivity contribution < 1.29 is 0 Å². The number of nitrogens with zero attached hydrogens (tertiary/aromatic N) is 5. The first-order valence-electron chi connectivity index (χ1n) is 5.85. The predicted octanol–water partition coefficient (Wildman–Crippen LogP) is 1.86. The lowest BCUT2D eigenvalue weighted by Crippen LogP contribution is -2.00. The van der Waals surface area contributed by atoms with E-state index in [2.05, 4.69) is 25.3 Å². The molecule has 0 radical (unpaired) electrons. The number of hydrogen-bond donors (Lipinski definition) is 1. The number of rotatable bonds is 5. The topological polar surface area (TPSA) is 72.3 Å². The molecule has 1 N–H and O–H groups in total. The number of pyridine rings is 1. The van der Waals surface area contributed by atoms with Crippen molar-refractivity contribution in [3.8, 4) is 11.4 Å². The fraction of sp³-hybridized carbons (Fsp3) is 0.167. The van der Waals surface area contributed by atoms with E-state index in [1.165, 1.54) is 0 Å². The molecule has 7 heteroatoms. The summed E-state index contributed by atoms with van der Waals surface area (Å²) in [6.45, 7) is 0.842. The molecule has 19 heavy (non-hydrogen) atoms. The lowest BCUT2D eigenvalue weighted by Gasteiger charge is -1.98. The Hall–Kier alpha value is -2.15. The van der Waals surface area contributed by atoms with Gasteiger partial charge >= 0.3 is 0 Å². The van der Waals surface area contributed by atoms with Gasteiger partial charge in [-0.25, -0.2) is 4.98 Å². The van der Waals surface area contributed by atoms with Gasteiger partial charge in [-0.1, -0.05) is 11.8 Å². The summed E-state index contributed by atoms with van der Waals surface area (Å²) in [4.78, 5) is 8.49. The van der Waals surface area contributed by atoms with Crippen LogP contribution in [0.4, 0.5) is 0 Å². The van der Waals surface area contributed by atoms with Gasteiger partial charge in [-0.15, -0.1) is 5.10 Å². The molecule has 0 aromatic carbocycles. The van der Waals surface area contributed by atoms with Crippen molar-refractivity contribution in [2.45, 2.75) is 11.7 Å². The van der Waals surface area contributed by atoms with Gasteiger partial charge < -0.3 is 0 Å². The Balaban J connectivity index is 1.59. The largest absolute Gasteiger partial charge is 0.272 e. The molecule has 0 amide bonds. The number of H-pyrrole nitrogens is 1. The fourth-order valence-corrected chi connectivity index (χ4v) is 2.33. The number of aromatic nitrogens is 6. The van der Waals surface area contributed by atoms with Crippen LogP contribution in [0, 0.1) is 0 Å². The van der Waals surface area contributed by atoms with E-state index in [4.69, 9.17) is 0 Å². The summed E-state index contributed by atoms with van der Waals surface area (Å²) in [6, 6.07) is 5.74. The minimum atomic E-state index is 0.742. The van der Waals surface area contributed by atoms with E-state index in [1.54, 1.807) is 30.4 Å². The van der Waals surface area contributed by atoms with Crippen molar-refractivity contribution in [2.24, 2.45) is 0 Å². The summed E-state index contributed by atoms with van der Waals surface area (Å²) in [6.07, 6.45) is 7.22. The van der Waals surface area contributed by atoms with E-state index in [0.29, 0.717) is 0 Å². The minimum absolute atomic E-state index is 0.742. The average molecular weight is 272 g/mol. The Kier molecular flexibility index (Phi) is 3.55. The Morgan fingerprint density at radius 2 is 2.26 bits per heavy atom. The van der Waals surface area contributed by atoms with Crippen LogP contribution in [0.2, 0.25) is 0 Å². The van der Waals surface area contributed by atoms with Crippen molar-refractivity contribution >= 4 is 11.8 Å². The summed E-state index contributed by atoms with van der Waals surface area (Å²) in [5.41, 5.74) is 0.939. The standard InChI is InChI=1S/C12H12N6S/c1-3-10(9-13-4-1)11-15-12(17-16-11)19-8-7-18-6-2-5-14-18/h1-6,9H,7-8H2,(H,15,16,17). The smallest absolute Gasteiger partial charge is 0.208 e. The second kappa shape index (κ2) is 5.66. The van der Waals surface area contributed by atoms with Gasteiger partial charge in [0, 0.05) is 36.1 Å². The molecular weight excluding hydrogens is 260 g/mol. The van der Waals surface area contributed by atoms with E-state index < -0.39 is 0 Å². The molecule has 0 aliphatic carbocycles. The maximum absolute atomic E-state index is 4.43. The first-order valence-corrected chi connectivity index (χ1v) is 6.83. The summed E-state index contributed by atoms with van der Waals surface area (Å²) in [5, 5.41) is 12.0. The molecule has 0 bridgehead atoms. The molecule has 0 atom stereocenters. The molecule has 3 aromatic rings. The molecule has 3 heterocycles. The molecular formula is C12H12N6S. The molecule has 0 unspecified atom stereocenters. The highest BCUT2D eigenvalue weighted by Crippen LogP contribution is 2.18. The van der Waals surface area contributed by atoms with E-state index in [-0.39, 0.29) is 0 Å². The molecule has 3 aromatic heterocycles. The highest BCUT2D eigenvalue weighted by atomic mass is 32.2. The Labute approximate surface area is 114 Å². The van der Waals surface area contributed by atoms with Gasteiger partial charge in [0.2, 0.25) is 5.16 Å². The van der Waals surface area contributed by atoms with Crippen molar-refractivity contribution in [2.75, 3.05) is 5.75 Å². The average Bonchev–Trinajstić information content (AvgIpc) is 3.11. The van der Waals surface area contributed by atoms with Crippen LogP contribution >= 0.6 is 11.8 Å². The molecule has 0 aliphatic heterocycles. The Morgan fingerprint density at radius 1 is 1.26 bits per heavy atom. The number of nitrogens with one attached hydrogen (secondary N) is 1. The van der Waals surface area contributed by atoms with Gasteiger partial charge in [-0.2, -0.15) is 5.10 Å². The van der Waals surface area contributed by atoms with E-state index in [0.717, 1.165) is 28.8 Å². The van der Waals surface area contributed by atoms with Crippen LogP contribution in [-0.2, 0) is 6.54 Å². The summed E-state index contributed by atoms with van der Waals surface area (Å²) >= 11 is 1.60. The van der Waals surface area contributed by atoms with Crippen LogP contribution in [0.5, 0.6) is 0 Å². The second-order valence-corrected chi connectivity index (χ2v) is 4.89. The number of aryl methyl sites for hydroxylation is 1. The SMILES string of the molecule is c1cncc(-c2nc(SCCn3cccn3)n[nH]2)c1. The first-order chi connectivity index (χ1) is 9.42. The summed E-state index contributed by atoms with van der Waals surface area (Å²) in [7, 11) is 0. The molecule has 0 spiro atoms. The third kappa shape index (κ3) is 3.00. The minimum Gasteiger partial charge on any atom is -0.272 e. The molecule has 0 saturated carbocycles. The van der Waals surface area contributed by atoms with Gasteiger partial charge in [0.1, 0.15) is 0 Å². The second-order valence-electron chi connectivity index (χ2n) is 3.83. The third-order valence-corrected chi connectivity index (χ3v) is 3.34. The van der Waals surface area contributed by atoms with Crippen molar-refractivity contribution in [1.29, 1.82) is 0 Å². The number of aromatic amines is 1. The Morgan fingerprint density at radius 3 is 3.05 bits per heavy atom. The predicted molar refractivity (Wildman–Crippen MR) is 72.6 cm³/mol. The van der Waals surface area contributed by atoms with Gasteiger partial charge in [0.25, 0.3) is 0 Å². The normalized spacial score (nSPS) is 10.7. The number of hydrogen-bond acceptors (Lipinski definition) is 5. The molecule has 0 fully saturated rings. The molecule has 0 aliphatic rings. The first kappa shape index (κ1) is 11.9. The van der Waals surface area contributed by atoms with Crippen LogP contribution in [0.15, 0.2) is 48.1 Å². The maximum Gasteiger partial charge on any atom is 0.208 e. The summed E-state index contributed by atoms with van der Waals surface area (Å²) < 4.78 is 1.89. The zero-order valence-corrected chi connectivity index (χ0v) is 10.9. The third-order valence-electron chi connectivity index (χ3n) is 2.51.